The molecule has 0 amide bonds. The van der Waals surface area contributed by atoms with E-state index in [1.54, 1.807) is 0 Å². The molecular formula is C2H6ClF3O. The minimum absolute atomic E-state index is 0. The Morgan fingerprint density at radius 3 is 1.43 bits per heavy atom. The van der Waals surface area contributed by atoms with Crippen LogP contribution >= 0.6 is 12.4 Å². The van der Waals surface area contributed by atoms with Crippen LogP contribution in [0.3, 0.4) is 0 Å². The van der Waals surface area contributed by atoms with Crippen molar-refractivity contribution < 1.29 is 18.6 Å². The molecule has 0 rings (SSSR count). The molecule has 0 aliphatic carbocycles. The Morgan fingerprint density at radius 2 is 1.43 bits per heavy atom. The van der Waals surface area contributed by atoms with Gasteiger partial charge in [-0.25, -0.2) is 0 Å². The van der Waals surface area contributed by atoms with Gasteiger partial charge in [0.25, 0.3) is 6.04 Å². The lowest BCUT2D eigenvalue weighted by Gasteiger charge is -1.50. The second kappa shape index (κ2) is 17.2. The summed E-state index contributed by atoms with van der Waals surface area (Å²) in [4.78, 5) is 8.78. The minimum Gasteiger partial charge on any atom is -0.269 e. The summed E-state index contributed by atoms with van der Waals surface area (Å²) < 4.78 is 10.4. The predicted octanol–water partition coefficient (Wildman–Crippen LogP) is 1.23. The fourth-order valence-corrected chi connectivity index (χ4v) is 0. The summed E-state index contributed by atoms with van der Waals surface area (Å²) in [5.74, 6) is 0. The van der Waals surface area contributed by atoms with Crippen molar-refractivity contribution in [2.45, 2.75) is 6.92 Å². The van der Waals surface area contributed by atoms with Crippen molar-refractivity contribution in [3.05, 3.63) is 0 Å². The Bertz CT molecular complexity index is 35.9. The first-order chi connectivity index (χ1) is 1.73. The highest BCUT2D eigenvalue weighted by Crippen LogP contribution is 1.58. The summed E-state index contributed by atoms with van der Waals surface area (Å²) in [6.07, 6.45) is 0. The molecule has 0 bridgehead atoms. The number of rotatable bonds is 0. The van der Waals surface area contributed by atoms with E-state index in [0.717, 1.165) is 6.92 Å². The van der Waals surface area contributed by atoms with Crippen LogP contribution in [-0.2, 0) is 4.79 Å². The molecule has 0 aromatic rings. The molecule has 0 saturated carbocycles. The van der Waals surface area contributed by atoms with Crippen molar-refractivity contribution in [2.24, 2.45) is 0 Å². The number of carbonyl (C=O) groups excluding carboxylic acids is 1. The first kappa shape index (κ1) is 29.5. The Morgan fingerprint density at radius 1 is 1.43 bits per heavy atom. The van der Waals surface area contributed by atoms with E-state index in [0.29, 0.717) is 0 Å². The molecule has 0 radical (unpaired) electrons. The molecular weight excluding hydrogens is 132 g/mol. The Labute approximate surface area is 45.0 Å². The maximum Gasteiger partial charge on any atom is 0.298 e. The zero-order chi connectivity index (χ0) is 3.58. The summed E-state index contributed by atoms with van der Waals surface area (Å²) in [6.45, 7) is 0.861. The van der Waals surface area contributed by atoms with Gasteiger partial charge in [-0.15, -0.1) is 12.4 Å². The first-order valence-electron chi connectivity index (χ1n) is 0.893. The lowest BCUT2D eigenvalue weighted by atomic mass is 10.9. The number of hydrogen-bond donors (Lipinski definition) is 0. The van der Waals surface area contributed by atoms with E-state index in [9.17, 15) is 4.39 Å². The van der Waals surface area contributed by atoms with E-state index in [1.807, 2.05) is 0 Å². The molecule has 7 heavy (non-hydrogen) atoms. The third kappa shape index (κ3) is 1290. The highest BCUT2D eigenvalue weighted by molar-refractivity contribution is 5.85. The monoisotopic (exact) mass is 138 g/mol. The van der Waals surface area contributed by atoms with Crippen molar-refractivity contribution in [3.8, 4) is 0 Å². The summed E-state index contributed by atoms with van der Waals surface area (Å²) in [6, 6.07) is -1.33. The molecule has 0 aliphatic rings. The van der Waals surface area contributed by atoms with Gasteiger partial charge < -0.3 is 0 Å². The van der Waals surface area contributed by atoms with E-state index in [1.165, 1.54) is 0 Å². The van der Waals surface area contributed by atoms with Crippen molar-refractivity contribution in [1.29, 1.82) is 0 Å². The molecule has 0 aliphatic heterocycles. The average molecular weight is 139 g/mol. The second-order valence-corrected chi connectivity index (χ2v) is 0.470. The Hall–Kier alpha value is -0.250. The van der Waals surface area contributed by atoms with E-state index in [-0.39, 0.29) is 21.8 Å². The van der Waals surface area contributed by atoms with E-state index in [4.69, 9.17) is 4.79 Å². The molecule has 0 heterocycles. The van der Waals surface area contributed by atoms with Gasteiger partial charge in [0.1, 0.15) is 0 Å². The lowest BCUT2D eigenvalue weighted by molar-refractivity contribution is -0.126. The second-order valence-electron chi connectivity index (χ2n) is 0.470. The van der Waals surface area contributed by atoms with Gasteiger partial charge in [-0.1, -0.05) is 0 Å². The topological polar surface area (TPSA) is 17.1 Å². The van der Waals surface area contributed by atoms with Gasteiger partial charge in [0.2, 0.25) is 0 Å². The van der Waals surface area contributed by atoms with Crippen LogP contribution in [0.15, 0.2) is 0 Å². The van der Waals surface area contributed by atoms with Gasteiger partial charge in [-0.3, -0.25) is 14.2 Å². The average Bonchev–Trinajstić information content (AvgIpc) is 0.811. The van der Waals surface area contributed by atoms with Gasteiger partial charge in [0, 0.05) is 6.92 Å². The maximum absolute atomic E-state index is 10.4. The zero-order valence-electron chi connectivity index (χ0n) is 3.51. The standard InChI is InChI=1S/C2H3FO.ClH.2FH/c1-2(3)4;;;/h1H3;3*1H. The molecule has 1 nitrogen and oxygen atoms in total. The molecule has 0 saturated heterocycles. The molecule has 0 unspecified atom stereocenters. The molecule has 5 heteroatoms. The normalized spacial score (nSPS) is 3.71. The molecule has 0 spiro atoms. The molecule has 0 aromatic heterocycles. The van der Waals surface area contributed by atoms with Crippen LogP contribution in [0.2, 0.25) is 0 Å². The van der Waals surface area contributed by atoms with Crippen LogP contribution in [0.1, 0.15) is 6.92 Å². The van der Waals surface area contributed by atoms with Gasteiger partial charge in [0.05, 0.1) is 0 Å². The third-order valence-corrected chi connectivity index (χ3v) is 0. The largest absolute Gasteiger partial charge is 0.298 e. The SMILES string of the molecule is CC(=O)F.Cl.F.F. The van der Waals surface area contributed by atoms with Crippen LogP contribution in [-0.4, -0.2) is 6.04 Å². The van der Waals surface area contributed by atoms with Gasteiger partial charge >= 0.3 is 0 Å². The first-order valence-corrected chi connectivity index (χ1v) is 0.893. The fraction of sp³-hybridized carbons (Fsp3) is 0.500. The number of hydrogen-bond acceptors (Lipinski definition) is 1. The van der Waals surface area contributed by atoms with Crippen molar-refractivity contribution in [2.75, 3.05) is 0 Å². The summed E-state index contributed by atoms with van der Waals surface area (Å²) in [7, 11) is 0. The summed E-state index contributed by atoms with van der Waals surface area (Å²) in [5.41, 5.74) is 0. The summed E-state index contributed by atoms with van der Waals surface area (Å²) in [5, 5.41) is 0. The predicted molar refractivity (Wildman–Crippen MR) is 24.0 cm³/mol. The number of halogens is 4. The summed E-state index contributed by atoms with van der Waals surface area (Å²) >= 11 is 0. The van der Waals surface area contributed by atoms with Crippen molar-refractivity contribution in [3.63, 3.8) is 0 Å². The van der Waals surface area contributed by atoms with Crippen LogP contribution in [0, 0.1) is 0 Å². The molecule has 0 fully saturated rings. The van der Waals surface area contributed by atoms with Gasteiger partial charge in [0.15, 0.2) is 0 Å². The lowest BCUT2D eigenvalue weighted by Crippen LogP contribution is -1.65. The van der Waals surface area contributed by atoms with Gasteiger partial charge in [-0.2, -0.15) is 4.39 Å². The molecule has 48 valence electrons. The van der Waals surface area contributed by atoms with E-state index in [2.05, 4.69) is 0 Å². The van der Waals surface area contributed by atoms with Crippen LogP contribution in [0.5, 0.6) is 0 Å². The van der Waals surface area contributed by atoms with E-state index >= 15 is 0 Å². The van der Waals surface area contributed by atoms with Crippen molar-refractivity contribution in [1.82, 2.24) is 0 Å². The van der Waals surface area contributed by atoms with Crippen LogP contribution < -0.4 is 0 Å². The van der Waals surface area contributed by atoms with Crippen LogP contribution in [0.4, 0.5) is 13.8 Å². The van der Waals surface area contributed by atoms with Crippen LogP contribution in [0.25, 0.3) is 0 Å². The minimum atomic E-state index is -1.33. The smallest absolute Gasteiger partial charge is 0.269 e. The fourth-order valence-electron chi connectivity index (χ4n) is 0. The third-order valence-electron chi connectivity index (χ3n) is 0. The van der Waals surface area contributed by atoms with Crippen molar-refractivity contribution >= 4 is 18.4 Å². The zero-order valence-corrected chi connectivity index (χ0v) is 4.33. The quantitative estimate of drug-likeness (QED) is 0.460. The number of carbonyl (C=O) groups is 1. The van der Waals surface area contributed by atoms with E-state index < -0.39 is 6.04 Å². The highest BCUT2D eigenvalue weighted by Gasteiger charge is 1.69. The van der Waals surface area contributed by atoms with Gasteiger partial charge in [-0.05, 0) is 0 Å². The maximum atomic E-state index is 10.4. The molecule has 0 aromatic carbocycles. The Kier molecular flexibility index (Phi) is 72.3. The molecule has 0 N–H and O–H groups in total. The molecule has 0 atom stereocenters. The highest BCUT2D eigenvalue weighted by atomic mass is 35.5. The Balaban J connectivity index is -0.0000000150.